The molecule has 8 nitrogen and oxygen atoms in total. The van der Waals surface area contributed by atoms with Crippen molar-refractivity contribution in [3.8, 4) is 11.5 Å². The molecule has 0 aliphatic carbocycles. The molecule has 0 amide bonds. The normalized spacial score (nSPS) is 15.5. The van der Waals surface area contributed by atoms with Crippen LogP contribution < -0.4 is 25.0 Å². The monoisotopic (exact) mass is 568 g/mol. The van der Waals surface area contributed by atoms with Crippen molar-refractivity contribution in [3.63, 3.8) is 0 Å². The van der Waals surface area contributed by atoms with Crippen LogP contribution >= 0.6 is 24.0 Å². The number of ether oxygens (including phenoxy) is 3. The maximum absolute atomic E-state index is 11.9. The van der Waals surface area contributed by atoms with Crippen molar-refractivity contribution in [2.24, 2.45) is 4.99 Å². The molecule has 2 aromatic rings. The highest BCUT2D eigenvalue weighted by atomic mass is 127. The number of hydrogen-bond acceptors (Lipinski definition) is 6. The number of aliphatic imine (C=N–C) groups is 1. The van der Waals surface area contributed by atoms with Gasteiger partial charge in [-0.1, -0.05) is 18.2 Å². The van der Waals surface area contributed by atoms with Crippen LogP contribution in [0, 0.1) is 0 Å². The van der Waals surface area contributed by atoms with Gasteiger partial charge in [0.05, 0.1) is 33.6 Å². The van der Waals surface area contributed by atoms with E-state index in [1.165, 1.54) is 14.2 Å². The maximum atomic E-state index is 11.9. The van der Waals surface area contributed by atoms with E-state index in [2.05, 4.69) is 21.6 Å². The highest BCUT2D eigenvalue weighted by molar-refractivity contribution is 14.0. The van der Waals surface area contributed by atoms with Gasteiger partial charge in [-0.2, -0.15) is 0 Å². The van der Waals surface area contributed by atoms with Crippen LogP contribution in [-0.2, 0) is 11.3 Å². The number of benzene rings is 2. The van der Waals surface area contributed by atoms with Gasteiger partial charge in [-0.25, -0.2) is 9.79 Å². The zero-order valence-electron chi connectivity index (χ0n) is 19.6. The molecule has 0 aromatic heterocycles. The SMILES string of the molecule is CCNC(=NCc1ccc(C(=O)OC)c(OC)c1)NC1CCN(c2ccccc2OC)C1.I. The van der Waals surface area contributed by atoms with Crippen LogP contribution in [0.5, 0.6) is 11.5 Å². The number of nitrogens with zero attached hydrogens (tertiary/aromatic N) is 2. The van der Waals surface area contributed by atoms with Crippen LogP contribution in [0.15, 0.2) is 47.5 Å². The van der Waals surface area contributed by atoms with Gasteiger partial charge in [0.25, 0.3) is 0 Å². The zero-order valence-corrected chi connectivity index (χ0v) is 21.9. The molecule has 3 rings (SSSR count). The molecule has 1 fully saturated rings. The molecule has 0 saturated carbocycles. The second kappa shape index (κ2) is 13.1. The van der Waals surface area contributed by atoms with E-state index in [4.69, 9.17) is 19.2 Å². The van der Waals surface area contributed by atoms with Crippen LogP contribution in [0.25, 0.3) is 0 Å². The number of para-hydroxylation sites is 2. The summed E-state index contributed by atoms with van der Waals surface area (Å²) in [6.07, 6.45) is 1.00. The molecule has 1 aliphatic rings. The Balaban J connectivity index is 0.00000385. The van der Waals surface area contributed by atoms with E-state index in [9.17, 15) is 4.79 Å². The zero-order chi connectivity index (χ0) is 22.9. The number of carbonyl (C=O) groups excluding carboxylic acids is 1. The summed E-state index contributed by atoms with van der Waals surface area (Å²) < 4.78 is 15.7. The first-order valence-corrected chi connectivity index (χ1v) is 10.8. The number of nitrogens with one attached hydrogen (secondary N) is 2. The van der Waals surface area contributed by atoms with Gasteiger partial charge in [-0.3, -0.25) is 0 Å². The van der Waals surface area contributed by atoms with Crippen molar-refractivity contribution in [3.05, 3.63) is 53.6 Å². The lowest BCUT2D eigenvalue weighted by molar-refractivity contribution is 0.0597. The Hall–Kier alpha value is -2.69. The lowest BCUT2D eigenvalue weighted by Gasteiger charge is -2.22. The lowest BCUT2D eigenvalue weighted by atomic mass is 10.1. The minimum absolute atomic E-state index is 0. The van der Waals surface area contributed by atoms with Crippen LogP contribution in [0.2, 0.25) is 0 Å². The van der Waals surface area contributed by atoms with Gasteiger partial charge in [0, 0.05) is 25.7 Å². The Morgan fingerprint density at radius 2 is 1.88 bits per heavy atom. The third-order valence-electron chi connectivity index (χ3n) is 5.39. The van der Waals surface area contributed by atoms with Crippen LogP contribution in [0.1, 0.15) is 29.3 Å². The quantitative estimate of drug-likeness (QED) is 0.219. The fourth-order valence-corrected chi connectivity index (χ4v) is 3.78. The number of carbonyl (C=O) groups is 1. The highest BCUT2D eigenvalue weighted by Crippen LogP contribution is 2.30. The first kappa shape index (κ1) is 26.6. The first-order valence-electron chi connectivity index (χ1n) is 10.8. The van der Waals surface area contributed by atoms with Gasteiger partial charge in [-0.05, 0) is 43.2 Å². The minimum Gasteiger partial charge on any atom is -0.496 e. The van der Waals surface area contributed by atoms with Gasteiger partial charge < -0.3 is 29.7 Å². The van der Waals surface area contributed by atoms with Crippen LogP contribution in [0.3, 0.4) is 0 Å². The minimum atomic E-state index is -0.423. The number of guanidine groups is 1. The highest BCUT2D eigenvalue weighted by Gasteiger charge is 2.25. The Morgan fingerprint density at radius 1 is 1.12 bits per heavy atom. The Kier molecular flexibility index (Phi) is 10.6. The van der Waals surface area contributed by atoms with Gasteiger partial charge >= 0.3 is 5.97 Å². The molecule has 33 heavy (non-hydrogen) atoms. The Bertz CT molecular complexity index is 954. The average Bonchev–Trinajstić information content (AvgIpc) is 3.30. The van der Waals surface area contributed by atoms with Crippen molar-refractivity contribution in [1.29, 1.82) is 0 Å². The van der Waals surface area contributed by atoms with Gasteiger partial charge in [0.2, 0.25) is 0 Å². The van der Waals surface area contributed by atoms with E-state index >= 15 is 0 Å². The van der Waals surface area contributed by atoms with Crippen LogP contribution in [0.4, 0.5) is 5.69 Å². The summed E-state index contributed by atoms with van der Waals surface area (Å²) in [5.74, 6) is 1.70. The predicted octanol–water partition coefficient (Wildman–Crippen LogP) is 3.44. The molecule has 1 heterocycles. The molecule has 2 aromatic carbocycles. The summed E-state index contributed by atoms with van der Waals surface area (Å²) in [6, 6.07) is 13.7. The summed E-state index contributed by atoms with van der Waals surface area (Å²) in [7, 11) is 4.59. The molecule has 0 bridgehead atoms. The largest absolute Gasteiger partial charge is 0.496 e. The van der Waals surface area contributed by atoms with E-state index in [1.54, 1.807) is 13.2 Å². The number of methoxy groups -OCH3 is 3. The number of anilines is 1. The molecular weight excluding hydrogens is 535 g/mol. The van der Waals surface area contributed by atoms with Crippen molar-refractivity contribution in [1.82, 2.24) is 10.6 Å². The fraction of sp³-hybridized carbons (Fsp3) is 0.417. The van der Waals surface area contributed by atoms with Crippen LogP contribution in [-0.4, -0.2) is 58.9 Å². The Labute approximate surface area is 212 Å². The number of esters is 1. The van der Waals surface area contributed by atoms with Crippen molar-refractivity contribution in [2.75, 3.05) is 45.9 Å². The average molecular weight is 568 g/mol. The molecule has 1 unspecified atom stereocenters. The van der Waals surface area contributed by atoms with Crippen molar-refractivity contribution >= 4 is 41.6 Å². The molecule has 1 atom stereocenters. The second-order valence-corrected chi connectivity index (χ2v) is 7.47. The van der Waals surface area contributed by atoms with Gasteiger partial charge in [-0.15, -0.1) is 24.0 Å². The molecule has 1 saturated heterocycles. The smallest absolute Gasteiger partial charge is 0.341 e. The standard InChI is InChI=1S/C24H32N4O4.HI/c1-5-25-24(26-15-17-10-11-19(23(29)32-4)22(14-17)31-3)27-18-12-13-28(16-18)20-8-6-7-9-21(20)30-2;/h6-11,14,18H,5,12-13,15-16H2,1-4H3,(H2,25,26,27);1H. The van der Waals surface area contributed by atoms with Gasteiger partial charge in [0.15, 0.2) is 5.96 Å². The van der Waals surface area contributed by atoms with Gasteiger partial charge in [0.1, 0.15) is 17.1 Å². The second-order valence-electron chi connectivity index (χ2n) is 7.47. The lowest BCUT2D eigenvalue weighted by Crippen LogP contribution is -2.44. The summed E-state index contributed by atoms with van der Waals surface area (Å²) >= 11 is 0. The van der Waals surface area contributed by atoms with E-state index in [0.717, 1.165) is 49.0 Å². The van der Waals surface area contributed by atoms with E-state index in [0.29, 0.717) is 17.9 Å². The molecule has 0 spiro atoms. The topological polar surface area (TPSA) is 84.4 Å². The summed E-state index contributed by atoms with van der Waals surface area (Å²) in [5.41, 5.74) is 2.45. The molecule has 0 radical (unpaired) electrons. The first-order chi connectivity index (χ1) is 15.6. The molecule has 180 valence electrons. The number of rotatable bonds is 8. The van der Waals surface area contributed by atoms with Crippen molar-refractivity contribution < 1.29 is 19.0 Å². The molecule has 1 aliphatic heterocycles. The number of halogens is 1. The summed E-state index contributed by atoms with van der Waals surface area (Å²) in [5, 5.41) is 6.86. The third kappa shape index (κ3) is 6.89. The molecule has 2 N–H and O–H groups in total. The summed E-state index contributed by atoms with van der Waals surface area (Å²) in [6.45, 7) is 5.08. The van der Waals surface area contributed by atoms with E-state index < -0.39 is 5.97 Å². The fourth-order valence-electron chi connectivity index (χ4n) is 3.78. The molecular formula is C24H33IN4O4. The summed E-state index contributed by atoms with van der Waals surface area (Å²) in [4.78, 5) is 18.9. The van der Waals surface area contributed by atoms with Crippen molar-refractivity contribution in [2.45, 2.75) is 25.9 Å². The number of hydrogen-bond donors (Lipinski definition) is 2. The van der Waals surface area contributed by atoms with E-state index in [-0.39, 0.29) is 30.0 Å². The van der Waals surface area contributed by atoms with E-state index in [1.807, 2.05) is 37.3 Å². The predicted molar refractivity (Wildman–Crippen MR) is 141 cm³/mol. The Morgan fingerprint density at radius 3 is 2.58 bits per heavy atom. The third-order valence-corrected chi connectivity index (χ3v) is 5.39. The molecule has 9 heteroatoms. The maximum Gasteiger partial charge on any atom is 0.341 e.